The number of nitrogens with one attached hydrogen (secondary N) is 3. The van der Waals surface area contributed by atoms with E-state index in [0.29, 0.717) is 6.04 Å². The van der Waals surface area contributed by atoms with Crippen molar-refractivity contribution < 1.29 is 4.79 Å². The van der Waals surface area contributed by atoms with Crippen molar-refractivity contribution in [2.75, 3.05) is 5.32 Å². The minimum Gasteiger partial charge on any atom is -0.382 e. The molecule has 6 rings (SSSR count). The summed E-state index contributed by atoms with van der Waals surface area (Å²) in [5, 5.41) is 13.1. The van der Waals surface area contributed by atoms with Gasteiger partial charge in [0.1, 0.15) is 5.69 Å². The lowest BCUT2D eigenvalue weighted by Gasteiger charge is -2.10. The number of hydrogen-bond donors (Lipinski definition) is 3. The van der Waals surface area contributed by atoms with Crippen LogP contribution in [0.3, 0.4) is 0 Å². The van der Waals surface area contributed by atoms with Gasteiger partial charge in [0.25, 0.3) is 0 Å². The first-order chi connectivity index (χ1) is 17.5. The number of benzene rings is 1. The Bertz CT molecular complexity index is 1740. The highest BCUT2D eigenvalue weighted by molar-refractivity contribution is 7.17. The number of hydrogen-bond acceptors (Lipinski definition) is 6. The monoisotopic (exact) mass is 492 g/mol. The molecule has 0 saturated carbocycles. The fourth-order valence-electron chi connectivity index (χ4n) is 4.45. The second-order valence-corrected chi connectivity index (χ2v) is 10.2. The predicted molar refractivity (Wildman–Crippen MR) is 146 cm³/mol. The number of H-pyrrole nitrogens is 2. The van der Waals surface area contributed by atoms with E-state index in [9.17, 15) is 4.79 Å². The van der Waals surface area contributed by atoms with E-state index in [1.165, 1.54) is 11.3 Å². The number of thiophene rings is 1. The Balaban J connectivity index is 1.43. The van der Waals surface area contributed by atoms with Crippen molar-refractivity contribution in [3.05, 3.63) is 72.0 Å². The number of fused-ring (bicyclic) bond motifs is 2. The highest BCUT2D eigenvalue weighted by Crippen LogP contribution is 2.37. The lowest BCUT2D eigenvalue weighted by Crippen LogP contribution is -2.09. The molecule has 0 bridgehead atoms. The standard InChI is InChI=1S/C28H24N6OS/c1-15(2)31-19-9-17(12-29-14-19)18-10-22-27(33-34-28(22)30-13-18)24-11-21-20(5-4-6-23(21)32-24)26-8-7-25(36-26)16(3)35/h4-15,31-32H,1-3H3,(H,30,33,34). The molecule has 0 fully saturated rings. The summed E-state index contributed by atoms with van der Waals surface area (Å²) in [6.07, 6.45) is 5.51. The van der Waals surface area contributed by atoms with Crippen molar-refractivity contribution in [1.82, 2.24) is 25.1 Å². The third-order valence-corrected chi connectivity index (χ3v) is 7.30. The van der Waals surface area contributed by atoms with Crippen LogP contribution >= 0.6 is 11.3 Å². The van der Waals surface area contributed by atoms with Gasteiger partial charge in [0.2, 0.25) is 0 Å². The second-order valence-electron chi connectivity index (χ2n) is 9.12. The molecule has 0 amide bonds. The molecular weight excluding hydrogens is 468 g/mol. The van der Waals surface area contributed by atoms with Crippen molar-refractivity contribution in [2.45, 2.75) is 26.8 Å². The van der Waals surface area contributed by atoms with Gasteiger partial charge in [0.15, 0.2) is 11.4 Å². The maximum atomic E-state index is 11.8. The highest BCUT2D eigenvalue weighted by Gasteiger charge is 2.16. The average Bonchev–Trinajstić information content (AvgIpc) is 3.60. The molecular formula is C28H24N6OS. The summed E-state index contributed by atoms with van der Waals surface area (Å²) in [6, 6.07) is 16.7. The van der Waals surface area contributed by atoms with Crippen LogP contribution in [0.4, 0.5) is 5.69 Å². The molecule has 1 aromatic carbocycles. The van der Waals surface area contributed by atoms with Crippen LogP contribution in [0.1, 0.15) is 30.4 Å². The third-order valence-electron chi connectivity index (χ3n) is 6.08. The van der Waals surface area contributed by atoms with Crippen molar-refractivity contribution in [3.8, 4) is 33.0 Å². The van der Waals surface area contributed by atoms with E-state index >= 15 is 0 Å². The van der Waals surface area contributed by atoms with Gasteiger partial charge in [-0.25, -0.2) is 4.98 Å². The fraction of sp³-hybridized carbons (Fsp3) is 0.143. The zero-order valence-electron chi connectivity index (χ0n) is 20.1. The number of pyridine rings is 2. The van der Waals surface area contributed by atoms with Crippen molar-refractivity contribution in [2.24, 2.45) is 0 Å². The molecule has 0 spiro atoms. The Morgan fingerprint density at radius 3 is 2.67 bits per heavy atom. The van der Waals surface area contributed by atoms with Gasteiger partial charge in [-0.2, -0.15) is 5.10 Å². The van der Waals surface area contributed by atoms with Gasteiger partial charge in [0, 0.05) is 62.5 Å². The molecule has 5 heterocycles. The number of nitrogens with zero attached hydrogens (tertiary/aromatic N) is 3. The lowest BCUT2D eigenvalue weighted by atomic mass is 10.1. The molecule has 0 aliphatic carbocycles. The number of anilines is 1. The maximum absolute atomic E-state index is 11.8. The number of aromatic amines is 2. The number of carbonyl (C=O) groups is 1. The Hall–Kier alpha value is -4.30. The molecule has 5 aromatic heterocycles. The number of carbonyl (C=O) groups excluding carboxylic acids is 1. The van der Waals surface area contributed by atoms with Crippen molar-refractivity contribution in [1.29, 1.82) is 0 Å². The number of aromatic nitrogens is 5. The van der Waals surface area contributed by atoms with Crippen LogP contribution in [0, 0.1) is 0 Å². The van der Waals surface area contributed by atoms with E-state index < -0.39 is 0 Å². The summed E-state index contributed by atoms with van der Waals surface area (Å²) in [5.41, 5.74) is 7.46. The molecule has 0 saturated heterocycles. The summed E-state index contributed by atoms with van der Waals surface area (Å²) >= 11 is 1.52. The van der Waals surface area contributed by atoms with Crippen LogP contribution in [0.2, 0.25) is 0 Å². The van der Waals surface area contributed by atoms with Crippen LogP contribution in [-0.2, 0) is 0 Å². The van der Waals surface area contributed by atoms with Gasteiger partial charge in [-0.3, -0.25) is 14.9 Å². The van der Waals surface area contributed by atoms with Crippen molar-refractivity contribution in [3.63, 3.8) is 0 Å². The zero-order valence-corrected chi connectivity index (χ0v) is 20.9. The van der Waals surface area contributed by atoms with Gasteiger partial charge in [-0.15, -0.1) is 11.3 Å². The van der Waals surface area contributed by atoms with Gasteiger partial charge >= 0.3 is 0 Å². The Morgan fingerprint density at radius 1 is 1.00 bits per heavy atom. The molecule has 0 aliphatic heterocycles. The first kappa shape index (κ1) is 22.2. The Morgan fingerprint density at radius 2 is 1.86 bits per heavy atom. The van der Waals surface area contributed by atoms with Gasteiger partial charge in [-0.05, 0) is 57.2 Å². The number of rotatable bonds is 6. The van der Waals surface area contributed by atoms with Crippen LogP contribution in [0.25, 0.3) is 54.9 Å². The van der Waals surface area contributed by atoms with Crippen LogP contribution in [-0.4, -0.2) is 37.0 Å². The van der Waals surface area contributed by atoms with Gasteiger partial charge < -0.3 is 10.3 Å². The molecule has 178 valence electrons. The summed E-state index contributed by atoms with van der Waals surface area (Å²) < 4.78 is 0. The topological polar surface area (TPSA) is 99.4 Å². The number of Topliss-reactive ketones (excluding diaryl/α,β-unsaturated/α-hetero) is 1. The summed E-state index contributed by atoms with van der Waals surface area (Å²) in [5.74, 6) is 0.0835. The average molecular weight is 493 g/mol. The zero-order chi connectivity index (χ0) is 24.8. The van der Waals surface area contributed by atoms with E-state index in [1.54, 1.807) is 6.92 Å². The van der Waals surface area contributed by atoms with E-state index in [4.69, 9.17) is 0 Å². The fourth-order valence-corrected chi connectivity index (χ4v) is 5.39. The normalized spacial score (nSPS) is 11.6. The minimum atomic E-state index is 0.0835. The third kappa shape index (κ3) is 3.95. The largest absolute Gasteiger partial charge is 0.382 e. The van der Waals surface area contributed by atoms with Crippen LogP contribution in [0.15, 0.2) is 67.1 Å². The molecule has 7 nitrogen and oxygen atoms in total. The molecule has 8 heteroatoms. The van der Waals surface area contributed by atoms with Crippen LogP contribution in [0.5, 0.6) is 0 Å². The van der Waals surface area contributed by atoms with E-state index in [-0.39, 0.29) is 5.78 Å². The Labute approximate surface area is 211 Å². The van der Waals surface area contributed by atoms with Crippen LogP contribution < -0.4 is 5.32 Å². The summed E-state index contributed by atoms with van der Waals surface area (Å²) in [4.78, 5) is 26.2. The predicted octanol–water partition coefficient (Wildman–Crippen LogP) is 6.92. The first-order valence-electron chi connectivity index (χ1n) is 11.8. The molecule has 6 aromatic rings. The van der Waals surface area contributed by atoms with Gasteiger partial charge in [0.05, 0.1) is 16.3 Å². The summed E-state index contributed by atoms with van der Waals surface area (Å²) in [7, 11) is 0. The first-order valence-corrected chi connectivity index (χ1v) is 12.6. The smallest absolute Gasteiger partial charge is 0.169 e. The molecule has 36 heavy (non-hydrogen) atoms. The Kier molecular flexibility index (Phi) is 5.38. The highest BCUT2D eigenvalue weighted by atomic mass is 32.1. The lowest BCUT2D eigenvalue weighted by molar-refractivity contribution is 0.102. The molecule has 3 N–H and O–H groups in total. The second kappa shape index (κ2) is 8.73. The SMILES string of the molecule is CC(=O)c1ccc(-c2cccc3[nH]c(-c4n[nH]c5ncc(-c6cncc(NC(C)C)c6)cc45)cc23)s1. The molecule has 0 radical (unpaired) electrons. The summed E-state index contributed by atoms with van der Waals surface area (Å²) in [6.45, 7) is 5.80. The minimum absolute atomic E-state index is 0.0835. The van der Waals surface area contributed by atoms with Gasteiger partial charge in [-0.1, -0.05) is 12.1 Å². The molecule has 0 atom stereocenters. The van der Waals surface area contributed by atoms with E-state index in [2.05, 4.69) is 74.6 Å². The van der Waals surface area contributed by atoms with E-state index in [1.807, 2.05) is 36.8 Å². The van der Waals surface area contributed by atoms with Crippen molar-refractivity contribution >= 4 is 44.7 Å². The van der Waals surface area contributed by atoms with E-state index in [0.717, 1.165) is 65.5 Å². The maximum Gasteiger partial charge on any atom is 0.169 e. The quantitative estimate of drug-likeness (QED) is 0.219. The number of ketones is 1. The molecule has 0 aliphatic rings. The molecule has 0 unspecified atom stereocenters.